The summed E-state index contributed by atoms with van der Waals surface area (Å²) in [5.41, 5.74) is 0.115. The molecule has 0 amide bonds. The third kappa shape index (κ3) is 3.56. The fraction of sp³-hybridized carbons (Fsp3) is 0.500. The summed E-state index contributed by atoms with van der Waals surface area (Å²) in [4.78, 5) is 0. The normalized spacial score (nSPS) is 33.7. The van der Waals surface area contributed by atoms with Crippen molar-refractivity contribution in [2.45, 2.75) is 62.8 Å². The number of benzene rings is 2. The highest BCUT2D eigenvalue weighted by atomic mass is 28.3. The van der Waals surface area contributed by atoms with Gasteiger partial charge in [-0.25, -0.2) is 0 Å². The average molecular weight is 407 g/mol. The van der Waals surface area contributed by atoms with Gasteiger partial charge in [-0.15, -0.1) is 0 Å². The van der Waals surface area contributed by atoms with Crippen LogP contribution in [0.4, 0.5) is 0 Å². The molecule has 0 atom stereocenters. The molecule has 0 aromatic heterocycles. The summed E-state index contributed by atoms with van der Waals surface area (Å²) in [6, 6.07) is 21.7. The van der Waals surface area contributed by atoms with E-state index in [4.69, 9.17) is 8.85 Å². The van der Waals surface area contributed by atoms with Gasteiger partial charge in [-0.05, 0) is 67.4 Å². The van der Waals surface area contributed by atoms with Crippen molar-refractivity contribution in [3.63, 3.8) is 0 Å². The van der Waals surface area contributed by atoms with Crippen molar-refractivity contribution in [2.75, 3.05) is 0 Å². The van der Waals surface area contributed by atoms with Gasteiger partial charge in [0, 0.05) is 6.42 Å². The van der Waals surface area contributed by atoms with E-state index in [-0.39, 0.29) is 11.2 Å². The number of rotatable bonds is 6. The van der Waals surface area contributed by atoms with Crippen molar-refractivity contribution < 1.29 is 8.85 Å². The summed E-state index contributed by atoms with van der Waals surface area (Å²) >= 11 is 0. The van der Waals surface area contributed by atoms with Crippen molar-refractivity contribution in [2.24, 2.45) is 11.8 Å². The molecule has 146 valence electrons. The molecular weight excluding hydrogens is 376 g/mol. The van der Waals surface area contributed by atoms with E-state index in [0.717, 1.165) is 18.3 Å². The smallest absolute Gasteiger partial charge is 0.244 e. The minimum Gasteiger partial charge on any atom is -0.406 e. The van der Waals surface area contributed by atoms with Crippen molar-refractivity contribution >= 4 is 28.5 Å². The minimum absolute atomic E-state index is 0.0573. The molecule has 28 heavy (non-hydrogen) atoms. The summed E-state index contributed by atoms with van der Waals surface area (Å²) in [6.45, 7) is 4.65. The van der Waals surface area contributed by atoms with Crippen molar-refractivity contribution in [3.8, 4) is 0 Å². The van der Waals surface area contributed by atoms with Crippen LogP contribution in [-0.4, -0.2) is 29.3 Å². The first-order valence-corrected chi connectivity index (χ1v) is 14.5. The van der Waals surface area contributed by atoms with Crippen LogP contribution in [0.3, 0.4) is 0 Å². The molecule has 2 aromatic rings. The Kier molecular flexibility index (Phi) is 4.86. The Morgan fingerprint density at radius 1 is 0.679 bits per heavy atom. The van der Waals surface area contributed by atoms with E-state index < -0.39 is 18.1 Å². The molecule has 4 heteroatoms. The topological polar surface area (TPSA) is 18.5 Å². The Bertz CT molecular complexity index is 730. The van der Waals surface area contributed by atoms with Gasteiger partial charge in [-0.3, -0.25) is 0 Å². The Labute approximate surface area is 172 Å². The molecule has 0 unspecified atom stereocenters. The summed E-state index contributed by atoms with van der Waals surface area (Å²) in [5, 5.41) is 2.78. The van der Waals surface area contributed by atoms with Gasteiger partial charge in [-0.2, -0.15) is 0 Å². The van der Waals surface area contributed by atoms with Gasteiger partial charge in [0.05, 0.1) is 11.2 Å². The van der Waals surface area contributed by atoms with Gasteiger partial charge in [-0.1, -0.05) is 60.7 Å². The lowest BCUT2D eigenvalue weighted by Crippen LogP contribution is -2.64. The second-order valence-electron chi connectivity index (χ2n) is 9.38. The summed E-state index contributed by atoms with van der Waals surface area (Å²) < 4.78 is 14.0. The maximum absolute atomic E-state index is 6.98. The second-order valence-corrected chi connectivity index (χ2v) is 13.2. The molecule has 4 aliphatic carbocycles. The third-order valence-electron chi connectivity index (χ3n) is 7.05. The second kappa shape index (κ2) is 7.24. The number of hydrogen-bond donors (Lipinski definition) is 0. The zero-order chi connectivity index (χ0) is 19.2. The van der Waals surface area contributed by atoms with E-state index >= 15 is 0 Å². The highest BCUT2D eigenvalue weighted by Gasteiger charge is 2.59. The Morgan fingerprint density at radius 3 is 1.46 bits per heavy atom. The molecule has 6 rings (SSSR count). The molecule has 0 heterocycles. The van der Waals surface area contributed by atoms with E-state index in [2.05, 4.69) is 73.8 Å². The van der Waals surface area contributed by atoms with Crippen LogP contribution in [0, 0.1) is 11.8 Å². The molecule has 4 aliphatic rings. The zero-order valence-electron chi connectivity index (χ0n) is 17.0. The highest BCUT2D eigenvalue weighted by Crippen LogP contribution is 2.60. The van der Waals surface area contributed by atoms with Crippen LogP contribution in [0.1, 0.15) is 38.5 Å². The van der Waals surface area contributed by atoms with Gasteiger partial charge in [0.1, 0.15) is 0 Å². The van der Waals surface area contributed by atoms with E-state index in [1.807, 2.05) is 0 Å². The van der Waals surface area contributed by atoms with Crippen LogP contribution in [-0.2, 0) is 8.85 Å². The lowest BCUT2D eigenvalue weighted by Gasteiger charge is -2.62. The third-order valence-corrected chi connectivity index (χ3v) is 10.8. The molecule has 0 aliphatic heterocycles. The maximum atomic E-state index is 6.98. The van der Waals surface area contributed by atoms with E-state index in [1.54, 1.807) is 0 Å². The Balaban J connectivity index is 1.36. The standard InChI is InChI=1S/C24H30O2Si2/c1-27(21-9-5-3-6-10-21)25-23-14-19-13-20(15-23)17-24(16-19,18-23)26-28(2)22-11-7-4-8-12-22/h3-12,19-20H,13-18H2,1-2H3. The molecule has 4 fully saturated rings. The van der Waals surface area contributed by atoms with Crippen LogP contribution < -0.4 is 10.4 Å². The Hall–Kier alpha value is -1.21. The van der Waals surface area contributed by atoms with Gasteiger partial charge in [0.2, 0.25) is 18.1 Å². The predicted octanol–water partition coefficient (Wildman–Crippen LogP) is 4.17. The van der Waals surface area contributed by atoms with Crippen LogP contribution in [0.2, 0.25) is 13.1 Å². The van der Waals surface area contributed by atoms with Crippen LogP contribution in [0.15, 0.2) is 60.7 Å². The van der Waals surface area contributed by atoms with Gasteiger partial charge >= 0.3 is 0 Å². The molecular formula is C24H30O2Si2. The van der Waals surface area contributed by atoms with Crippen LogP contribution in [0.5, 0.6) is 0 Å². The highest BCUT2D eigenvalue weighted by molar-refractivity contribution is 6.66. The van der Waals surface area contributed by atoms with Crippen molar-refractivity contribution in [3.05, 3.63) is 60.7 Å². The SMILES string of the molecule is C[Si](OC12CC3CC(C1)CC(O[Si](C)c1ccccc1)(C3)C2)c1ccccc1. The fourth-order valence-corrected chi connectivity index (χ4v) is 9.78. The summed E-state index contributed by atoms with van der Waals surface area (Å²) in [5.74, 6) is 1.58. The first-order chi connectivity index (χ1) is 13.5. The summed E-state index contributed by atoms with van der Waals surface area (Å²) in [6.07, 6.45) is 7.50. The lowest BCUT2D eigenvalue weighted by atomic mass is 9.52. The molecule has 4 bridgehead atoms. The molecule has 2 aromatic carbocycles. The predicted molar refractivity (Wildman–Crippen MR) is 118 cm³/mol. The van der Waals surface area contributed by atoms with Gasteiger partial charge in [0.15, 0.2) is 0 Å². The molecule has 2 nitrogen and oxygen atoms in total. The van der Waals surface area contributed by atoms with Crippen LogP contribution >= 0.6 is 0 Å². The molecule has 0 N–H and O–H groups in total. The fourth-order valence-electron chi connectivity index (χ4n) is 6.45. The van der Waals surface area contributed by atoms with E-state index in [9.17, 15) is 0 Å². The maximum Gasteiger partial charge on any atom is 0.244 e. The average Bonchev–Trinajstić information content (AvgIpc) is 2.67. The minimum atomic E-state index is -0.981. The quantitative estimate of drug-likeness (QED) is 0.671. The zero-order valence-corrected chi connectivity index (χ0v) is 19.0. The first kappa shape index (κ1) is 18.8. The molecule has 4 saturated carbocycles. The van der Waals surface area contributed by atoms with Gasteiger partial charge < -0.3 is 8.85 Å². The summed E-state index contributed by atoms with van der Waals surface area (Å²) in [7, 11) is -1.96. The number of hydrogen-bond acceptors (Lipinski definition) is 2. The Morgan fingerprint density at radius 2 is 1.07 bits per heavy atom. The monoisotopic (exact) mass is 406 g/mol. The van der Waals surface area contributed by atoms with Crippen molar-refractivity contribution in [1.29, 1.82) is 0 Å². The first-order valence-electron chi connectivity index (χ1n) is 10.7. The van der Waals surface area contributed by atoms with E-state index in [0.29, 0.717) is 0 Å². The van der Waals surface area contributed by atoms with E-state index in [1.165, 1.54) is 42.5 Å². The van der Waals surface area contributed by atoms with Crippen molar-refractivity contribution in [1.82, 2.24) is 0 Å². The molecule has 2 radical (unpaired) electrons. The lowest BCUT2D eigenvalue weighted by molar-refractivity contribution is -0.179. The van der Waals surface area contributed by atoms with Crippen LogP contribution in [0.25, 0.3) is 0 Å². The van der Waals surface area contributed by atoms with Gasteiger partial charge in [0.25, 0.3) is 0 Å². The largest absolute Gasteiger partial charge is 0.406 e. The molecule has 0 saturated heterocycles. The molecule has 0 spiro atoms.